The molecule has 1 unspecified atom stereocenters. The molecular formula is C24H33FN6O3. The lowest BCUT2D eigenvalue weighted by Gasteiger charge is -2.21. The lowest BCUT2D eigenvalue weighted by Crippen LogP contribution is -2.35. The van der Waals surface area contributed by atoms with Crippen LogP contribution in [0.15, 0.2) is 36.8 Å². The summed E-state index contributed by atoms with van der Waals surface area (Å²) < 4.78 is 26.9. The minimum Gasteiger partial charge on any atom is -0.444 e. The Morgan fingerprint density at radius 2 is 2.09 bits per heavy atom. The summed E-state index contributed by atoms with van der Waals surface area (Å²) >= 11 is 0. The molecule has 0 aliphatic rings. The average Bonchev–Trinajstić information content (AvgIpc) is 3.18. The van der Waals surface area contributed by atoms with E-state index < -0.39 is 17.5 Å². The van der Waals surface area contributed by atoms with Crippen LogP contribution in [0, 0.1) is 11.7 Å². The standard InChI is InChI=1S/C24H33FN6O3/c1-5-16(13-28-23(32)34-24(2,3)4)8-10-27-14-17-9-11-31-21(17)22(29-15-30-31)33-20-7-6-18(26)12-19(20)25/h6-7,9,11-12,15-16,27H,5,8,10,13-14,26H2,1-4H3,(H,28,32). The van der Waals surface area contributed by atoms with Crippen LogP contribution < -0.4 is 21.1 Å². The van der Waals surface area contributed by atoms with Crippen LogP contribution >= 0.6 is 0 Å². The number of nitrogen functional groups attached to an aromatic ring is 1. The number of fused-ring (bicyclic) bond motifs is 1. The fourth-order valence-electron chi connectivity index (χ4n) is 3.43. The molecule has 0 aliphatic carbocycles. The lowest BCUT2D eigenvalue weighted by atomic mass is 10.0. The number of rotatable bonds is 10. The molecular weight excluding hydrogens is 439 g/mol. The van der Waals surface area contributed by atoms with Gasteiger partial charge in [0.25, 0.3) is 0 Å². The van der Waals surface area contributed by atoms with Gasteiger partial charge in [-0.15, -0.1) is 0 Å². The summed E-state index contributed by atoms with van der Waals surface area (Å²) in [6, 6.07) is 6.17. The van der Waals surface area contributed by atoms with Crippen LogP contribution in [0.5, 0.6) is 11.6 Å². The van der Waals surface area contributed by atoms with Gasteiger partial charge in [-0.25, -0.2) is 13.7 Å². The van der Waals surface area contributed by atoms with Gasteiger partial charge in [-0.05, 0) is 63.4 Å². The van der Waals surface area contributed by atoms with Crippen molar-refractivity contribution in [2.45, 2.75) is 52.7 Å². The highest BCUT2D eigenvalue weighted by Gasteiger charge is 2.17. The molecule has 0 saturated carbocycles. The molecule has 9 nitrogen and oxygen atoms in total. The summed E-state index contributed by atoms with van der Waals surface area (Å²) in [6.07, 6.45) is 4.59. The predicted octanol–water partition coefficient (Wildman–Crippen LogP) is 4.27. The van der Waals surface area contributed by atoms with Gasteiger partial charge < -0.3 is 25.8 Å². The van der Waals surface area contributed by atoms with Gasteiger partial charge in [0.05, 0.1) is 0 Å². The van der Waals surface area contributed by atoms with E-state index in [9.17, 15) is 9.18 Å². The molecule has 2 aromatic heterocycles. The number of nitrogens with two attached hydrogens (primary N) is 1. The highest BCUT2D eigenvalue weighted by Crippen LogP contribution is 2.29. The zero-order chi connectivity index (χ0) is 24.7. The second-order valence-corrected chi connectivity index (χ2v) is 9.11. The van der Waals surface area contributed by atoms with Crippen LogP contribution in [-0.2, 0) is 11.3 Å². The first-order chi connectivity index (χ1) is 16.2. The van der Waals surface area contributed by atoms with Crippen LogP contribution in [0.4, 0.5) is 14.9 Å². The average molecular weight is 473 g/mol. The highest BCUT2D eigenvalue weighted by molar-refractivity contribution is 5.67. The minimum atomic E-state index is -0.561. The Balaban J connectivity index is 1.56. The Hall–Kier alpha value is -3.40. The number of hydrogen-bond donors (Lipinski definition) is 3. The maximum atomic E-state index is 14.2. The number of hydrogen-bond acceptors (Lipinski definition) is 7. The van der Waals surface area contributed by atoms with E-state index in [2.05, 4.69) is 27.6 Å². The second kappa shape index (κ2) is 11.1. The zero-order valence-electron chi connectivity index (χ0n) is 20.1. The predicted molar refractivity (Wildman–Crippen MR) is 128 cm³/mol. The fourth-order valence-corrected chi connectivity index (χ4v) is 3.43. The first-order valence-electron chi connectivity index (χ1n) is 11.4. The van der Waals surface area contributed by atoms with Crippen molar-refractivity contribution in [3.05, 3.63) is 48.2 Å². The maximum absolute atomic E-state index is 14.2. The topological polar surface area (TPSA) is 116 Å². The number of carbonyl (C=O) groups is 1. The number of alkyl carbamates (subject to hydrolysis) is 1. The zero-order valence-corrected chi connectivity index (χ0v) is 20.1. The molecule has 0 radical (unpaired) electrons. The first-order valence-corrected chi connectivity index (χ1v) is 11.4. The molecule has 0 fully saturated rings. The van der Waals surface area contributed by atoms with Crippen LogP contribution in [0.25, 0.3) is 5.52 Å². The molecule has 0 saturated heterocycles. The molecule has 1 aromatic carbocycles. The van der Waals surface area contributed by atoms with Gasteiger partial charge in [-0.2, -0.15) is 10.1 Å². The second-order valence-electron chi connectivity index (χ2n) is 9.11. The Morgan fingerprint density at radius 3 is 2.79 bits per heavy atom. The number of nitrogens with one attached hydrogen (secondary N) is 2. The molecule has 1 amide bonds. The van der Waals surface area contributed by atoms with Crippen molar-refractivity contribution in [2.24, 2.45) is 5.92 Å². The van der Waals surface area contributed by atoms with Crippen LogP contribution in [-0.4, -0.2) is 39.4 Å². The molecule has 2 heterocycles. The van der Waals surface area contributed by atoms with Crippen molar-refractivity contribution in [3.63, 3.8) is 0 Å². The Kier molecular flexibility index (Phi) is 8.27. The summed E-state index contributed by atoms with van der Waals surface area (Å²) in [7, 11) is 0. The van der Waals surface area contributed by atoms with E-state index >= 15 is 0 Å². The molecule has 0 spiro atoms. The van der Waals surface area contributed by atoms with Crippen molar-refractivity contribution < 1.29 is 18.7 Å². The SMILES string of the molecule is CCC(CCNCc1ccn2ncnc(Oc3ccc(N)cc3F)c12)CNC(=O)OC(C)(C)C. The van der Waals surface area contributed by atoms with Gasteiger partial charge in [0.1, 0.15) is 17.4 Å². The van der Waals surface area contributed by atoms with Crippen LogP contribution in [0.2, 0.25) is 0 Å². The molecule has 1 atom stereocenters. The number of amides is 1. The monoisotopic (exact) mass is 472 g/mol. The summed E-state index contributed by atoms with van der Waals surface area (Å²) in [4.78, 5) is 16.1. The third kappa shape index (κ3) is 7.05. The van der Waals surface area contributed by atoms with Gasteiger partial charge in [0.2, 0.25) is 5.88 Å². The summed E-state index contributed by atoms with van der Waals surface area (Å²) in [5, 5.41) is 10.5. The Labute approximate surface area is 198 Å². The first kappa shape index (κ1) is 25.2. The maximum Gasteiger partial charge on any atom is 0.407 e. The highest BCUT2D eigenvalue weighted by atomic mass is 19.1. The van der Waals surface area contributed by atoms with Gasteiger partial charge in [-0.3, -0.25) is 0 Å². The normalized spacial score (nSPS) is 12.5. The number of aromatic nitrogens is 3. The molecule has 10 heteroatoms. The molecule has 0 aliphatic heterocycles. The smallest absolute Gasteiger partial charge is 0.407 e. The van der Waals surface area contributed by atoms with Crippen molar-refractivity contribution >= 4 is 17.3 Å². The van der Waals surface area contributed by atoms with Gasteiger partial charge in [0, 0.05) is 31.0 Å². The molecule has 3 aromatic rings. The van der Waals surface area contributed by atoms with E-state index in [0.717, 1.165) is 24.9 Å². The largest absolute Gasteiger partial charge is 0.444 e. The van der Waals surface area contributed by atoms with Crippen LogP contribution in [0.1, 0.15) is 46.1 Å². The van der Waals surface area contributed by atoms with E-state index in [1.807, 2.05) is 26.8 Å². The molecule has 4 N–H and O–H groups in total. The van der Waals surface area contributed by atoms with Crippen LogP contribution in [0.3, 0.4) is 0 Å². The molecule has 0 bridgehead atoms. The molecule has 184 valence electrons. The number of nitrogens with zero attached hydrogens (tertiary/aromatic N) is 3. The minimum absolute atomic E-state index is 0.0400. The summed E-state index contributed by atoms with van der Waals surface area (Å²) in [6.45, 7) is 9.48. The number of ether oxygens (including phenoxy) is 2. The summed E-state index contributed by atoms with van der Waals surface area (Å²) in [5.41, 5.74) is 7.00. The Morgan fingerprint density at radius 1 is 1.29 bits per heavy atom. The van der Waals surface area contributed by atoms with Gasteiger partial charge in [-0.1, -0.05) is 13.3 Å². The number of benzene rings is 1. The molecule has 3 rings (SSSR count). The van der Waals surface area contributed by atoms with Crippen molar-refractivity contribution in [1.29, 1.82) is 0 Å². The number of halogens is 1. The van der Waals surface area contributed by atoms with Gasteiger partial charge >= 0.3 is 6.09 Å². The van der Waals surface area contributed by atoms with E-state index in [-0.39, 0.29) is 11.6 Å². The number of anilines is 1. The Bertz CT molecular complexity index is 1110. The van der Waals surface area contributed by atoms with E-state index in [0.29, 0.717) is 30.2 Å². The summed E-state index contributed by atoms with van der Waals surface area (Å²) in [5.74, 6) is 0.0572. The van der Waals surface area contributed by atoms with Crippen molar-refractivity contribution in [1.82, 2.24) is 25.2 Å². The van der Waals surface area contributed by atoms with Gasteiger partial charge in [0.15, 0.2) is 11.6 Å². The van der Waals surface area contributed by atoms with E-state index in [1.54, 1.807) is 16.8 Å². The lowest BCUT2D eigenvalue weighted by molar-refractivity contribution is 0.0518. The fraction of sp³-hybridized carbons (Fsp3) is 0.458. The third-order valence-electron chi connectivity index (χ3n) is 5.22. The molecule has 34 heavy (non-hydrogen) atoms. The quantitative estimate of drug-likeness (QED) is 0.298. The number of carbonyl (C=O) groups excluding carboxylic acids is 1. The van der Waals surface area contributed by atoms with E-state index in [1.165, 1.54) is 18.5 Å². The van der Waals surface area contributed by atoms with Crippen molar-refractivity contribution in [3.8, 4) is 11.6 Å². The van der Waals surface area contributed by atoms with Crippen molar-refractivity contribution in [2.75, 3.05) is 18.8 Å². The third-order valence-corrected chi connectivity index (χ3v) is 5.22. The van der Waals surface area contributed by atoms with E-state index in [4.69, 9.17) is 15.2 Å².